The zero-order valence-electron chi connectivity index (χ0n) is 27.7. The molecule has 1 saturated heterocycles. The van der Waals surface area contributed by atoms with Gasteiger partial charge >= 0.3 is 6.09 Å². The summed E-state index contributed by atoms with van der Waals surface area (Å²) in [6.45, 7) is 37.7. The van der Waals surface area contributed by atoms with Crippen LogP contribution in [0.3, 0.4) is 0 Å². The van der Waals surface area contributed by atoms with Gasteiger partial charge in [-0.2, -0.15) is 0 Å². The van der Waals surface area contributed by atoms with Crippen LogP contribution in [0.4, 0.5) is 4.79 Å². The zero-order valence-corrected chi connectivity index (χ0v) is 28.7. The van der Waals surface area contributed by atoms with Crippen molar-refractivity contribution in [3.63, 3.8) is 0 Å². The van der Waals surface area contributed by atoms with E-state index in [9.17, 15) is 4.79 Å². The number of carbonyl (C=O) groups is 1. The first kappa shape index (κ1) is 35.2. The molecule has 0 aromatic carbocycles. The second kappa shape index (κ2) is 13.2. The molecule has 1 fully saturated rings. The van der Waals surface area contributed by atoms with Crippen molar-refractivity contribution in [3.8, 4) is 0 Å². The molecule has 1 amide bonds. The third-order valence-electron chi connectivity index (χ3n) is 8.63. The maximum atomic E-state index is 13.6. The number of ether oxygens (including phenoxy) is 2. The third kappa shape index (κ3) is 8.82. The predicted molar refractivity (Wildman–Crippen MR) is 164 cm³/mol. The molecule has 0 N–H and O–H groups in total. The number of allylic oxidation sites excluding steroid dienone is 1. The van der Waals surface area contributed by atoms with E-state index in [4.69, 9.17) is 13.9 Å². The van der Waals surface area contributed by atoms with Crippen LogP contribution in [0.2, 0.25) is 16.6 Å². The second-order valence-electron chi connectivity index (χ2n) is 15.2. The van der Waals surface area contributed by atoms with Gasteiger partial charge in [-0.3, -0.25) is 4.90 Å². The van der Waals surface area contributed by atoms with E-state index in [0.29, 0.717) is 28.5 Å². The lowest BCUT2D eigenvalue weighted by Crippen LogP contribution is -2.51. The van der Waals surface area contributed by atoms with Crippen LogP contribution >= 0.6 is 0 Å². The summed E-state index contributed by atoms with van der Waals surface area (Å²) in [6.07, 6.45) is 4.26. The van der Waals surface area contributed by atoms with Crippen LogP contribution in [0.5, 0.6) is 0 Å². The van der Waals surface area contributed by atoms with E-state index in [-0.39, 0.29) is 23.7 Å². The van der Waals surface area contributed by atoms with Gasteiger partial charge in [-0.1, -0.05) is 75.3 Å². The summed E-state index contributed by atoms with van der Waals surface area (Å²) >= 11 is 0. The molecule has 0 aromatic rings. The van der Waals surface area contributed by atoms with Crippen LogP contribution in [0.15, 0.2) is 12.7 Å². The van der Waals surface area contributed by atoms with Gasteiger partial charge in [0, 0.05) is 6.61 Å². The van der Waals surface area contributed by atoms with Crippen molar-refractivity contribution in [2.24, 2.45) is 17.3 Å². The van der Waals surface area contributed by atoms with E-state index in [1.54, 1.807) is 0 Å². The number of amides is 1. The Balaban J connectivity index is 3.26. The van der Waals surface area contributed by atoms with Crippen LogP contribution in [0.25, 0.3) is 0 Å². The highest BCUT2D eigenvalue weighted by atomic mass is 28.4. The molecule has 0 aliphatic carbocycles. The summed E-state index contributed by atoms with van der Waals surface area (Å²) in [6, 6.07) is -0.0849. The Morgan fingerprint density at radius 2 is 1.50 bits per heavy atom. The third-order valence-corrected chi connectivity index (χ3v) is 14.8. The predicted octanol–water partition coefficient (Wildman–Crippen LogP) is 9.57. The van der Waals surface area contributed by atoms with Crippen LogP contribution in [-0.2, 0) is 13.9 Å². The molecule has 0 radical (unpaired) electrons. The van der Waals surface area contributed by atoms with Gasteiger partial charge in [0.2, 0.25) is 0 Å². The molecule has 0 spiro atoms. The average Bonchev–Trinajstić information content (AvgIpc) is 2.95. The molecule has 3 atom stereocenters. The molecule has 1 unspecified atom stereocenters. The molecule has 0 saturated carbocycles. The van der Waals surface area contributed by atoms with Crippen LogP contribution in [-0.4, -0.2) is 49.4 Å². The second-order valence-corrected chi connectivity index (χ2v) is 20.6. The zero-order chi connectivity index (χ0) is 29.9. The lowest BCUT2D eigenvalue weighted by atomic mass is 9.79. The highest BCUT2D eigenvalue weighted by molar-refractivity contribution is 6.77. The lowest BCUT2D eigenvalue weighted by Gasteiger charge is -2.43. The standard InChI is InChI=1S/C32H63NO4Si/c1-17-26(22(2)3)20-28-27(33(32(15,16)36-28)29(34)37-30(10,11)12)21-31(13,14)18-19-35-38(23(4)5,24(6)7)25(8)9/h17,22-28H,1,18-21H2,2-16H3/t26?,27-,28-/m0/s1. The summed E-state index contributed by atoms with van der Waals surface area (Å²) in [5, 5.41) is 0. The maximum absolute atomic E-state index is 13.6. The van der Waals surface area contributed by atoms with E-state index >= 15 is 0 Å². The Bertz CT molecular complexity index is 744. The summed E-state index contributed by atoms with van der Waals surface area (Å²) in [7, 11) is -1.93. The van der Waals surface area contributed by atoms with Gasteiger partial charge in [0.1, 0.15) is 11.3 Å². The first-order valence-electron chi connectivity index (χ1n) is 15.1. The Hall–Kier alpha value is -0.853. The minimum absolute atomic E-state index is 0.0421. The number of nitrogens with zero attached hydrogens (tertiary/aromatic N) is 1. The summed E-state index contributed by atoms with van der Waals surface area (Å²) in [5.74, 6) is 0.774. The quantitative estimate of drug-likeness (QED) is 0.168. The molecule has 1 aliphatic rings. The van der Waals surface area contributed by atoms with Crippen LogP contribution < -0.4 is 0 Å². The molecule has 38 heavy (non-hydrogen) atoms. The van der Waals surface area contributed by atoms with Gasteiger partial charge in [0.15, 0.2) is 8.32 Å². The van der Waals surface area contributed by atoms with Crippen molar-refractivity contribution in [3.05, 3.63) is 12.7 Å². The van der Waals surface area contributed by atoms with Crippen molar-refractivity contribution in [2.75, 3.05) is 6.61 Å². The summed E-state index contributed by atoms with van der Waals surface area (Å²) in [4.78, 5) is 15.4. The summed E-state index contributed by atoms with van der Waals surface area (Å²) in [5.41, 5.74) is 0.330. The largest absolute Gasteiger partial charge is 0.444 e. The molecule has 224 valence electrons. The Kier molecular flexibility index (Phi) is 12.2. The lowest BCUT2D eigenvalue weighted by molar-refractivity contribution is -0.0820. The molecule has 0 aromatic heterocycles. The van der Waals surface area contributed by atoms with Gasteiger partial charge in [-0.25, -0.2) is 4.79 Å². The molecule has 1 rings (SSSR count). The summed E-state index contributed by atoms with van der Waals surface area (Å²) < 4.78 is 19.5. The van der Waals surface area contributed by atoms with Crippen molar-refractivity contribution in [1.29, 1.82) is 0 Å². The Morgan fingerprint density at radius 1 is 1.00 bits per heavy atom. The normalized spacial score (nSPS) is 21.6. The SMILES string of the molecule is C=CC(C[C@@H]1OC(C)(C)N(C(=O)OC(C)(C)C)[C@H]1CC(C)(C)CCO[Si](C(C)C)(C(C)C)C(C)C)C(C)C. The van der Waals surface area contributed by atoms with E-state index < -0.39 is 19.6 Å². The molecule has 6 heteroatoms. The fourth-order valence-corrected chi connectivity index (χ4v) is 12.2. The first-order chi connectivity index (χ1) is 17.1. The van der Waals surface area contributed by atoms with Crippen molar-refractivity contribution < 1.29 is 18.7 Å². The van der Waals surface area contributed by atoms with E-state index in [2.05, 4.69) is 75.8 Å². The smallest absolute Gasteiger partial charge is 0.412 e. The molecule has 1 heterocycles. The molecular formula is C32H63NO4Si. The molecule has 1 aliphatic heterocycles. The molecule has 0 bridgehead atoms. The van der Waals surface area contributed by atoms with E-state index in [1.807, 2.05) is 45.6 Å². The molecular weight excluding hydrogens is 490 g/mol. The topological polar surface area (TPSA) is 48.0 Å². The number of hydrogen-bond acceptors (Lipinski definition) is 4. The van der Waals surface area contributed by atoms with Gasteiger partial charge in [-0.15, -0.1) is 6.58 Å². The van der Waals surface area contributed by atoms with Gasteiger partial charge < -0.3 is 13.9 Å². The number of carbonyl (C=O) groups excluding carboxylic acids is 1. The fraction of sp³-hybridized carbons (Fsp3) is 0.906. The monoisotopic (exact) mass is 553 g/mol. The van der Waals surface area contributed by atoms with Gasteiger partial charge in [0.05, 0.1) is 12.1 Å². The van der Waals surface area contributed by atoms with E-state index in [1.165, 1.54) is 0 Å². The average molecular weight is 554 g/mol. The van der Waals surface area contributed by atoms with E-state index in [0.717, 1.165) is 25.9 Å². The minimum atomic E-state index is -1.93. The Labute approximate surface area is 237 Å². The van der Waals surface area contributed by atoms with Crippen molar-refractivity contribution in [1.82, 2.24) is 4.90 Å². The highest BCUT2D eigenvalue weighted by Crippen LogP contribution is 2.45. The van der Waals surface area contributed by atoms with Gasteiger partial charge in [0.25, 0.3) is 0 Å². The maximum Gasteiger partial charge on any atom is 0.412 e. The first-order valence-corrected chi connectivity index (χ1v) is 17.2. The highest BCUT2D eigenvalue weighted by Gasteiger charge is 2.53. The fourth-order valence-electron chi connectivity index (χ4n) is 6.75. The van der Waals surface area contributed by atoms with Crippen molar-refractivity contribution >= 4 is 14.4 Å². The minimum Gasteiger partial charge on any atom is -0.444 e. The van der Waals surface area contributed by atoms with Crippen molar-refractivity contribution in [2.45, 2.75) is 163 Å². The Morgan fingerprint density at radius 3 is 1.89 bits per heavy atom. The molecule has 5 nitrogen and oxygen atoms in total. The number of hydrogen-bond donors (Lipinski definition) is 0. The van der Waals surface area contributed by atoms with Gasteiger partial charge in [-0.05, 0) is 87.8 Å². The van der Waals surface area contributed by atoms with Crippen LogP contribution in [0, 0.1) is 17.3 Å². The van der Waals surface area contributed by atoms with Crippen LogP contribution in [0.1, 0.15) is 123 Å². The number of rotatable bonds is 13.